The molecule has 0 aliphatic rings. The second-order valence-electron chi connectivity index (χ2n) is 5.26. The molecule has 1 rings (SSSR count). The van der Waals surface area contributed by atoms with Gasteiger partial charge in [-0.25, -0.2) is 0 Å². The van der Waals surface area contributed by atoms with Crippen LogP contribution in [0.2, 0.25) is 0 Å². The summed E-state index contributed by atoms with van der Waals surface area (Å²) in [5, 5.41) is 5.11. The van der Waals surface area contributed by atoms with Crippen LogP contribution in [0.3, 0.4) is 0 Å². The van der Waals surface area contributed by atoms with Gasteiger partial charge in [0.25, 0.3) is 0 Å². The minimum atomic E-state index is -0.778. The highest BCUT2D eigenvalue weighted by Crippen LogP contribution is 2.29. The average Bonchev–Trinajstić information content (AvgIpc) is 2.87. The molecule has 0 saturated heterocycles. The van der Waals surface area contributed by atoms with Crippen molar-refractivity contribution < 1.29 is 4.79 Å². The highest BCUT2D eigenvalue weighted by molar-refractivity contribution is 7.80. The number of nitrogens with two attached hydrogens (primary N) is 1. The van der Waals surface area contributed by atoms with Crippen LogP contribution in [0.15, 0.2) is 17.5 Å². The van der Waals surface area contributed by atoms with E-state index < -0.39 is 5.41 Å². The van der Waals surface area contributed by atoms with Crippen molar-refractivity contribution in [3.63, 3.8) is 0 Å². The van der Waals surface area contributed by atoms with E-state index in [0.29, 0.717) is 12.3 Å². The molecule has 0 aliphatic heterocycles. The summed E-state index contributed by atoms with van der Waals surface area (Å²) in [5.74, 6) is 0.227. The van der Waals surface area contributed by atoms with Gasteiger partial charge in [-0.1, -0.05) is 39.1 Å². The van der Waals surface area contributed by atoms with Gasteiger partial charge in [-0.15, -0.1) is 11.3 Å². The molecule has 0 fully saturated rings. The van der Waals surface area contributed by atoms with Crippen molar-refractivity contribution in [3.05, 3.63) is 22.4 Å². The lowest BCUT2D eigenvalue weighted by molar-refractivity contribution is -0.128. The van der Waals surface area contributed by atoms with Crippen LogP contribution in [0.5, 0.6) is 0 Å². The Hall–Kier alpha value is -0.940. The number of carbonyl (C=O) groups is 1. The topological polar surface area (TPSA) is 55.1 Å². The quantitative estimate of drug-likeness (QED) is 0.793. The second-order valence-corrected chi connectivity index (χ2v) is 6.68. The maximum atomic E-state index is 12.5. The fourth-order valence-corrected chi connectivity index (χ4v) is 2.97. The van der Waals surface area contributed by atoms with E-state index >= 15 is 0 Å². The fraction of sp³-hybridized carbons (Fsp3) is 0.571. The summed E-state index contributed by atoms with van der Waals surface area (Å²) in [6.07, 6.45) is 0.601. The Morgan fingerprint density at radius 2 is 2.21 bits per heavy atom. The molecule has 2 unspecified atom stereocenters. The van der Waals surface area contributed by atoms with Gasteiger partial charge < -0.3 is 11.1 Å². The molecule has 2 atom stereocenters. The Bertz CT molecular complexity index is 442. The Balaban J connectivity index is 2.92. The lowest BCUT2D eigenvalue weighted by Gasteiger charge is -2.30. The standard InChI is InChI=1S/C14H22N2OS2/c1-5-14(4,12(15)18)13(17)16-11(9(2)3)10-7-6-8-19-10/h6-9,11H,5H2,1-4H3,(H2,15,18)(H,16,17). The molecular formula is C14H22N2OS2. The van der Waals surface area contributed by atoms with E-state index in [1.807, 2.05) is 24.4 Å². The summed E-state index contributed by atoms with van der Waals surface area (Å²) in [5.41, 5.74) is 4.95. The molecule has 3 nitrogen and oxygen atoms in total. The molecule has 3 N–H and O–H groups in total. The normalized spacial score (nSPS) is 15.8. The van der Waals surface area contributed by atoms with Crippen LogP contribution >= 0.6 is 23.6 Å². The van der Waals surface area contributed by atoms with E-state index in [-0.39, 0.29) is 16.9 Å². The number of nitrogens with one attached hydrogen (secondary N) is 1. The van der Waals surface area contributed by atoms with Gasteiger partial charge >= 0.3 is 0 Å². The van der Waals surface area contributed by atoms with Crippen LogP contribution in [-0.4, -0.2) is 10.9 Å². The summed E-state index contributed by atoms with van der Waals surface area (Å²) in [6, 6.07) is 4.04. The summed E-state index contributed by atoms with van der Waals surface area (Å²) in [4.78, 5) is 13.9. The first-order valence-electron chi connectivity index (χ1n) is 6.47. The minimum absolute atomic E-state index is 0.00715. The van der Waals surface area contributed by atoms with Gasteiger partial charge in [0.15, 0.2) is 0 Å². The van der Waals surface area contributed by atoms with E-state index in [1.54, 1.807) is 18.3 Å². The maximum absolute atomic E-state index is 12.5. The summed E-state index contributed by atoms with van der Waals surface area (Å²) < 4.78 is 0. The largest absolute Gasteiger partial charge is 0.392 e. The lowest BCUT2D eigenvalue weighted by atomic mass is 9.85. The van der Waals surface area contributed by atoms with E-state index in [1.165, 1.54) is 0 Å². The Labute approximate surface area is 124 Å². The van der Waals surface area contributed by atoms with Crippen LogP contribution in [0.25, 0.3) is 0 Å². The zero-order chi connectivity index (χ0) is 14.6. The molecule has 1 aromatic heterocycles. The Morgan fingerprint density at radius 3 is 2.58 bits per heavy atom. The lowest BCUT2D eigenvalue weighted by Crippen LogP contribution is -2.48. The minimum Gasteiger partial charge on any atom is -0.392 e. The van der Waals surface area contributed by atoms with E-state index in [0.717, 1.165) is 4.88 Å². The smallest absolute Gasteiger partial charge is 0.233 e. The average molecular weight is 298 g/mol. The van der Waals surface area contributed by atoms with Crippen molar-refractivity contribution in [2.24, 2.45) is 17.1 Å². The Morgan fingerprint density at radius 1 is 1.58 bits per heavy atom. The zero-order valence-electron chi connectivity index (χ0n) is 11.9. The van der Waals surface area contributed by atoms with Gasteiger partial charge in [0, 0.05) is 4.88 Å². The maximum Gasteiger partial charge on any atom is 0.233 e. The van der Waals surface area contributed by atoms with Gasteiger partial charge in [-0.3, -0.25) is 4.79 Å². The Kier molecular flexibility index (Phi) is 5.50. The molecule has 1 aromatic rings. The van der Waals surface area contributed by atoms with Crippen LogP contribution < -0.4 is 11.1 Å². The van der Waals surface area contributed by atoms with E-state index in [4.69, 9.17) is 18.0 Å². The van der Waals surface area contributed by atoms with Crippen molar-refractivity contribution in [3.8, 4) is 0 Å². The van der Waals surface area contributed by atoms with Gasteiger partial charge in [-0.2, -0.15) is 0 Å². The number of hydrogen-bond acceptors (Lipinski definition) is 3. The number of rotatable bonds is 6. The van der Waals surface area contributed by atoms with Gasteiger partial charge in [0.2, 0.25) is 5.91 Å². The molecule has 0 bridgehead atoms. The SMILES string of the molecule is CCC(C)(C(=O)NC(c1cccs1)C(C)C)C(N)=S. The van der Waals surface area contributed by atoms with Crippen molar-refractivity contribution in [1.82, 2.24) is 5.32 Å². The van der Waals surface area contributed by atoms with Crippen LogP contribution in [-0.2, 0) is 4.79 Å². The highest BCUT2D eigenvalue weighted by Gasteiger charge is 2.36. The van der Waals surface area contributed by atoms with Gasteiger partial charge in [0.05, 0.1) is 16.4 Å². The summed E-state index contributed by atoms with van der Waals surface area (Å²) >= 11 is 6.69. The van der Waals surface area contributed by atoms with Gasteiger partial charge in [0.1, 0.15) is 0 Å². The molecule has 1 amide bonds. The molecule has 1 heterocycles. The number of hydrogen-bond donors (Lipinski definition) is 2. The second kappa shape index (κ2) is 6.48. The number of amides is 1. The van der Waals surface area contributed by atoms with Crippen molar-refractivity contribution in [2.75, 3.05) is 0 Å². The van der Waals surface area contributed by atoms with Crippen LogP contribution in [0.1, 0.15) is 45.0 Å². The molecule has 5 heteroatoms. The first-order valence-corrected chi connectivity index (χ1v) is 7.76. The first kappa shape index (κ1) is 16.1. The first-order chi connectivity index (χ1) is 8.82. The third-order valence-electron chi connectivity index (χ3n) is 3.56. The molecular weight excluding hydrogens is 276 g/mol. The fourth-order valence-electron chi connectivity index (χ4n) is 1.78. The molecule has 19 heavy (non-hydrogen) atoms. The molecule has 0 spiro atoms. The molecule has 106 valence electrons. The number of carbonyl (C=O) groups excluding carboxylic acids is 1. The van der Waals surface area contributed by atoms with Crippen LogP contribution in [0, 0.1) is 11.3 Å². The molecule has 0 saturated carbocycles. The third kappa shape index (κ3) is 3.54. The molecule has 0 aliphatic carbocycles. The monoisotopic (exact) mass is 298 g/mol. The number of thiophene rings is 1. The predicted octanol–water partition coefficient (Wildman–Crippen LogP) is 3.26. The third-order valence-corrected chi connectivity index (χ3v) is 4.96. The van der Waals surface area contributed by atoms with Crippen LogP contribution in [0.4, 0.5) is 0 Å². The predicted molar refractivity (Wildman–Crippen MR) is 85.2 cm³/mol. The van der Waals surface area contributed by atoms with Crippen molar-refractivity contribution in [2.45, 2.75) is 40.2 Å². The van der Waals surface area contributed by atoms with E-state index in [2.05, 4.69) is 19.2 Å². The van der Waals surface area contributed by atoms with Crippen molar-refractivity contribution in [1.29, 1.82) is 0 Å². The van der Waals surface area contributed by atoms with Gasteiger partial charge in [-0.05, 0) is 30.7 Å². The summed E-state index contributed by atoms with van der Waals surface area (Å²) in [7, 11) is 0. The zero-order valence-corrected chi connectivity index (χ0v) is 13.5. The number of thiocarbonyl (C=S) groups is 1. The molecule has 0 radical (unpaired) electrons. The van der Waals surface area contributed by atoms with E-state index in [9.17, 15) is 4.79 Å². The van der Waals surface area contributed by atoms with Crippen molar-refractivity contribution >= 4 is 34.5 Å². The summed E-state index contributed by atoms with van der Waals surface area (Å²) in [6.45, 7) is 7.91. The highest BCUT2D eigenvalue weighted by atomic mass is 32.1. The molecule has 0 aromatic carbocycles.